The van der Waals surface area contributed by atoms with Crippen LogP contribution in [0.15, 0.2) is 6.20 Å². The van der Waals surface area contributed by atoms with E-state index in [4.69, 9.17) is 4.74 Å². The van der Waals surface area contributed by atoms with Crippen molar-refractivity contribution in [2.45, 2.75) is 45.1 Å². The highest BCUT2D eigenvalue weighted by Crippen LogP contribution is 2.20. The summed E-state index contributed by atoms with van der Waals surface area (Å²) in [7, 11) is 0. The lowest BCUT2D eigenvalue weighted by Crippen LogP contribution is -2.38. The van der Waals surface area contributed by atoms with Crippen LogP contribution in [0.5, 0.6) is 0 Å². The van der Waals surface area contributed by atoms with Gasteiger partial charge < -0.3 is 15.4 Å². The number of aryl methyl sites for hydroxylation is 1. The maximum Gasteiger partial charge on any atom is 0.314 e. The summed E-state index contributed by atoms with van der Waals surface area (Å²) in [5.74, 6) is 0.248. The molecule has 1 aliphatic rings. The second-order valence-electron chi connectivity index (χ2n) is 5.27. The number of carbonyl (C=O) groups excluding carboxylic acids is 1. The molecule has 0 spiro atoms. The van der Waals surface area contributed by atoms with Crippen molar-refractivity contribution in [1.29, 1.82) is 0 Å². The molecule has 2 amide bonds. The summed E-state index contributed by atoms with van der Waals surface area (Å²) in [5, 5.41) is 6.84. The summed E-state index contributed by atoms with van der Waals surface area (Å²) in [6.07, 6.45) is 5.35. The minimum Gasteiger partial charge on any atom is -0.378 e. The van der Waals surface area contributed by atoms with Gasteiger partial charge >= 0.3 is 6.03 Å². The van der Waals surface area contributed by atoms with Gasteiger partial charge in [0.25, 0.3) is 0 Å². The van der Waals surface area contributed by atoms with E-state index in [1.165, 1.54) is 4.88 Å². The van der Waals surface area contributed by atoms with Gasteiger partial charge in [0.05, 0.1) is 11.1 Å². The first kappa shape index (κ1) is 15.3. The van der Waals surface area contributed by atoms with Crippen molar-refractivity contribution in [1.82, 2.24) is 15.6 Å². The van der Waals surface area contributed by atoms with Crippen molar-refractivity contribution in [2.75, 3.05) is 19.7 Å². The fraction of sp³-hybridized carbons (Fsp3) is 0.714. The van der Waals surface area contributed by atoms with Crippen LogP contribution in [0.1, 0.15) is 42.0 Å². The van der Waals surface area contributed by atoms with Crippen LogP contribution in [-0.2, 0) is 4.74 Å². The van der Waals surface area contributed by atoms with Crippen molar-refractivity contribution in [3.05, 3.63) is 16.1 Å². The molecule has 1 aliphatic heterocycles. The lowest BCUT2D eigenvalue weighted by atomic mass is 10.2. The zero-order valence-electron chi connectivity index (χ0n) is 12.1. The number of hydrogen-bond acceptors (Lipinski definition) is 4. The number of rotatable bonds is 6. The maximum absolute atomic E-state index is 11.7. The van der Waals surface area contributed by atoms with Gasteiger partial charge in [-0.15, -0.1) is 11.3 Å². The SMILES string of the molecule is Cc1cnc([C@@H](C)CNC(=O)NCC[C@H]2CCCO2)s1. The van der Waals surface area contributed by atoms with E-state index in [0.29, 0.717) is 19.2 Å². The molecule has 1 aromatic rings. The lowest BCUT2D eigenvalue weighted by molar-refractivity contribution is 0.104. The number of nitrogens with zero attached hydrogens (tertiary/aromatic N) is 1. The molecule has 0 radical (unpaired) electrons. The molecule has 1 fully saturated rings. The molecule has 0 aromatic carbocycles. The van der Waals surface area contributed by atoms with Crippen molar-refractivity contribution in [2.24, 2.45) is 0 Å². The van der Waals surface area contributed by atoms with Gasteiger partial charge in [-0.1, -0.05) is 6.92 Å². The third-order valence-corrected chi connectivity index (χ3v) is 4.55. The van der Waals surface area contributed by atoms with Gasteiger partial charge in [-0.2, -0.15) is 0 Å². The molecule has 2 heterocycles. The zero-order chi connectivity index (χ0) is 14.4. The van der Waals surface area contributed by atoms with E-state index in [1.54, 1.807) is 11.3 Å². The van der Waals surface area contributed by atoms with Crippen LogP contribution < -0.4 is 10.6 Å². The first-order chi connectivity index (χ1) is 9.65. The highest BCUT2D eigenvalue weighted by molar-refractivity contribution is 7.11. The molecule has 0 unspecified atom stereocenters. The Bertz CT molecular complexity index is 430. The van der Waals surface area contributed by atoms with Crippen LogP contribution in [0.3, 0.4) is 0 Å². The summed E-state index contributed by atoms with van der Waals surface area (Å²) in [6.45, 7) is 6.26. The Morgan fingerprint density at radius 1 is 1.60 bits per heavy atom. The van der Waals surface area contributed by atoms with Crippen molar-refractivity contribution in [3.8, 4) is 0 Å². The van der Waals surface area contributed by atoms with E-state index < -0.39 is 0 Å². The van der Waals surface area contributed by atoms with E-state index in [-0.39, 0.29) is 11.9 Å². The fourth-order valence-electron chi connectivity index (χ4n) is 2.21. The molecule has 2 rings (SSSR count). The van der Waals surface area contributed by atoms with Gasteiger partial charge in [-0.05, 0) is 26.2 Å². The quantitative estimate of drug-likeness (QED) is 0.847. The third kappa shape index (κ3) is 4.76. The highest BCUT2D eigenvalue weighted by atomic mass is 32.1. The number of aromatic nitrogens is 1. The minimum absolute atomic E-state index is 0.108. The van der Waals surface area contributed by atoms with Gasteiger partial charge in [0.1, 0.15) is 0 Å². The van der Waals surface area contributed by atoms with Gasteiger partial charge in [0.15, 0.2) is 0 Å². The number of amides is 2. The van der Waals surface area contributed by atoms with Crippen LogP contribution in [0.4, 0.5) is 4.79 Å². The Hall–Kier alpha value is -1.14. The lowest BCUT2D eigenvalue weighted by Gasteiger charge is -2.13. The fourth-order valence-corrected chi connectivity index (χ4v) is 3.04. The average Bonchev–Trinajstić information content (AvgIpc) is 3.07. The number of nitrogens with one attached hydrogen (secondary N) is 2. The van der Waals surface area contributed by atoms with Gasteiger partial charge in [0.2, 0.25) is 0 Å². The number of urea groups is 1. The molecule has 6 heteroatoms. The van der Waals surface area contributed by atoms with Crippen LogP contribution in [0, 0.1) is 6.92 Å². The molecule has 2 N–H and O–H groups in total. The average molecular weight is 297 g/mol. The van der Waals surface area contributed by atoms with Gasteiger partial charge in [-0.3, -0.25) is 0 Å². The number of ether oxygens (including phenoxy) is 1. The zero-order valence-corrected chi connectivity index (χ0v) is 13.0. The molecule has 20 heavy (non-hydrogen) atoms. The van der Waals surface area contributed by atoms with Crippen LogP contribution >= 0.6 is 11.3 Å². The molecular formula is C14H23N3O2S. The van der Waals surface area contributed by atoms with Crippen molar-refractivity contribution in [3.63, 3.8) is 0 Å². The summed E-state index contributed by atoms with van der Waals surface area (Å²) < 4.78 is 5.51. The molecule has 2 atom stereocenters. The maximum atomic E-state index is 11.7. The molecular weight excluding hydrogens is 274 g/mol. The molecule has 112 valence electrons. The molecule has 0 bridgehead atoms. The first-order valence-corrected chi connectivity index (χ1v) is 8.02. The largest absolute Gasteiger partial charge is 0.378 e. The predicted octanol–water partition coefficient (Wildman–Crippen LogP) is 2.42. The predicted molar refractivity (Wildman–Crippen MR) is 80.3 cm³/mol. The monoisotopic (exact) mass is 297 g/mol. The van der Waals surface area contributed by atoms with Crippen LogP contribution in [0.25, 0.3) is 0 Å². The number of carbonyl (C=O) groups is 1. The topological polar surface area (TPSA) is 63.2 Å². The number of hydrogen-bond donors (Lipinski definition) is 2. The van der Waals surface area contributed by atoms with Gasteiger partial charge in [0, 0.05) is 36.7 Å². The van der Waals surface area contributed by atoms with E-state index in [1.807, 2.05) is 13.1 Å². The molecule has 1 saturated heterocycles. The Balaban J connectivity index is 1.59. The molecule has 1 aromatic heterocycles. The standard InChI is InChI=1S/C14H23N3O2S/c1-10(13-16-9-11(2)20-13)8-17-14(18)15-6-5-12-4-3-7-19-12/h9-10,12H,3-8H2,1-2H3,(H2,15,17,18)/t10-,12+/m0/s1. The van der Waals surface area contributed by atoms with Crippen LogP contribution in [-0.4, -0.2) is 36.8 Å². The highest BCUT2D eigenvalue weighted by Gasteiger charge is 2.15. The third-order valence-electron chi connectivity index (χ3n) is 3.41. The Labute approximate surface area is 124 Å². The summed E-state index contributed by atoms with van der Waals surface area (Å²) >= 11 is 1.68. The van der Waals surface area contributed by atoms with E-state index in [9.17, 15) is 4.79 Å². The Morgan fingerprint density at radius 3 is 3.10 bits per heavy atom. The summed E-state index contributed by atoms with van der Waals surface area (Å²) in [5.41, 5.74) is 0. The normalized spacial score (nSPS) is 19.8. The molecule has 5 nitrogen and oxygen atoms in total. The van der Waals surface area contributed by atoms with E-state index in [0.717, 1.165) is 30.9 Å². The second-order valence-corrected chi connectivity index (χ2v) is 6.54. The first-order valence-electron chi connectivity index (χ1n) is 7.21. The molecule has 0 aliphatic carbocycles. The summed E-state index contributed by atoms with van der Waals surface area (Å²) in [4.78, 5) is 17.2. The van der Waals surface area contributed by atoms with E-state index in [2.05, 4.69) is 22.5 Å². The Morgan fingerprint density at radius 2 is 2.45 bits per heavy atom. The van der Waals surface area contributed by atoms with Crippen molar-refractivity contribution >= 4 is 17.4 Å². The Kier molecular flexibility index (Phi) is 5.79. The van der Waals surface area contributed by atoms with Crippen LogP contribution in [0.2, 0.25) is 0 Å². The minimum atomic E-state index is -0.108. The second kappa shape index (κ2) is 7.59. The van der Waals surface area contributed by atoms with E-state index >= 15 is 0 Å². The number of thiazole rings is 1. The molecule has 0 saturated carbocycles. The summed E-state index contributed by atoms with van der Waals surface area (Å²) in [6, 6.07) is -0.108. The van der Waals surface area contributed by atoms with Gasteiger partial charge in [-0.25, -0.2) is 9.78 Å². The smallest absolute Gasteiger partial charge is 0.314 e. The van der Waals surface area contributed by atoms with Crippen molar-refractivity contribution < 1.29 is 9.53 Å².